The first-order valence-electron chi connectivity index (χ1n) is 3.95. The predicted molar refractivity (Wildman–Crippen MR) is 44.2 cm³/mol. The van der Waals surface area contributed by atoms with Crippen LogP contribution < -0.4 is 5.48 Å². The molecule has 1 heterocycles. The van der Waals surface area contributed by atoms with E-state index in [1.165, 1.54) is 0 Å². The van der Waals surface area contributed by atoms with E-state index in [0.29, 0.717) is 13.2 Å². The largest absolute Gasteiger partial charge is 0.317 e. The highest BCUT2D eigenvalue weighted by molar-refractivity contribution is 4.91. The molecule has 0 radical (unpaired) electrons. The Labute approximate surface area is 71.7 Å². The summed E-state index contributed by atoms with van der Waals surface area (Å²) in [7, 11) is 1.93. The summed E-state index contributed by atoms with van der Waals surface area (Å²) in [4.78, 5) is 4.97. The molecule has 0 saturated carbocycles. The fourth-order valence-corrected chi connectivity index (χ4v) is 0.823. The number of hydrogen-bond donors (Lipinski definition) is 1. The summed E-state index contributed by atoms with van der Waals surface area (Å²) < 4.78 is 1.92. The summed E-state index contributed by atoms with van der Waals surface area (Å²) in [5.74, 6) is 1.78. The van der Waals surface area contributed by atoms with E-state index in [-0.39, 0.29) is 0 Å². The molecule has 1 N–H and O–H groups in total. The van der Waals surface area contributed by atoms with E-state index < -0.39 is 0 Å². The van der Waals surface area contributed by atoms with Crippen molar-refractivity contribution in [2.75, 3.05) is 6.61 Å². The molecule has 0 spiro atoms. The van der Waals surface area contributed by atoms with Crippen LogP contribution >= 0.6 is 0 Å². The van der Waals surface area contributed by atoms with E-state index in [2.05, 4.69) is 15.7 Å². The maximum atomic E-state index is 4.97. The van der Waals surface area contributed by atoms with Crippen molar-refractivity contribution < 1.29 is 4.84 Å². The second kappa shape index (κ2) is 4.18. The summed E-state index contributed by atoms with van der Waals surface area (Å²) in [5.41, 5.74) is 2.78. The van der Waals surface area contributed by atoms with Crippen LogP contribution in [0.3, 0.4) is 0 Å². The Morgan fingerprint density at radius 1 is 1.50 bits per heavy atom. The van der Waals surface area contributed by atoms with Gasteiger partial charge >= 0.3 is 0 Å². The van der Waals surface area contributed by atoms with Gasteiger partial charge in [0.2, 0.25) is 0 Å². The monoisotopic (exact) mass is 170 g/mol. The molecule has 0 aliphatic rings. The Kier molecular flexibility index (Phi) is 3.19. The minimum atomic E-state index is 0.588. The Morgan fingerprint density at radius 3 is 2.75 bits per heavy atom. The number of hydroxylamine groups is 1. The van der Waals surface area contributed by atoms with E-state index in [9.17, 15) is 0 Å². The molecule has 0 aliphatic carbocycles. The summed E-state index contributed by atoms with van der Waals surface area (Å²) in [6.07, 6.45) is 0. The van der Waals surface area contributed by atoms with E-state index in [1.807, 2.05) is 25.5 Å². The first-order valence-corrected chi connectivity index (χ1v) is 3.95. The second-order valence-electron chi connectivity index (χ2n) is 2.48. The van der Waals surface area contributed by atoms with Gasteiger partial charge in [-0.2, -0.15) is 5.48 Å². The smallest absolute Gasteiger partial charge is 0.149 e. The normalized spacial score (nSPS) is 10.6. The summed E-state index contributed by atoms with van der Waals surface area (Å²) in [5, 5.41) is 7.87. The molecule has 0 bridgehead atoms. The summed E-state index contributed by atoms with van der Waals surface area (Å²) in [6.45, 7) is 5.08. The van der Waals surface area contributed by atoms with Crippen LogP contribution in [0.2, 0.25) is 0 Å². The number of aromatic nitrogens is 3. The maximum Gasteiger partial charge on any atom is 0.149 e. The van der Waals surface area contributed by atoms with Gasteiger partial charge in [-0.15, -0.1) is 10.2 Å². The molecule has 0 saturated heterocycles. The Hall–Kier alpha value is -0.940. The van der Waals surface area contributed by atoms with Crippen LogP contribution in [-0.4, -0.2) is 21.4 Å². The van der Waals surface area contributed by atoms with Gasteiger partial charge in [0.15, 0.2) is 0 Å². The topological polar surface area (TPSA) is 52.0 Å². The van der Waals surface area contributed by atoms with Crippen LogP contribution in [0.4, 0.5) is 0 Å². The molecule has 0 fully saturated rings. The highest BCUT2D eigenvalue weighted by Crippen LogP contribution is 1.95. The lowest BCUT2D eigenvalue weighted by molar-refractivity contribution is 0.0443. The summed E-state index contributed by atoms with van der Waals surface area (Å²) in [6, 6.07) is 0. The number of nitrogens with zero attached hydrogens (tertiary/aromatic N) is 3. The third-order valence-electron chi connectivity index (χ3n) is 1.66. The number of hydrogen-bond acceptors (Lipinski definition) is 4. The molecule has 12 heavy (non-hydrogen) atoms. The average molecular weight is 170 g/mol. The standard InChI is InChI=1S/C7H14N4O/c1-4-12-8-5-7-10-9-6(2)11(7)3/h8H,4-5H2,1-3H3. The molecule has 5 nitrogen and oxygen atoms in total. The van der Waals surface area contributed by atoms with Gasteiger partial charge in [-0.25, -0.2) is 0 Å². The van der Waals surface area contributed by atoms with Gasteiger partial charge in [0.05, 0.1) is 13.2 Å². The van der Waals surface area contributed by atoms with Crippen molar-refractivity contribution in [2.24, 2.45) is 7.05 Å². The van der Waals surface area contributed by atoms with Crippen molar-refractivity contribution in [3.8, 4) is 0 Å². The molecule has 5 heteroatoms. The quantitative estimate of drug-likeness (QED) is 0.517. The lowest BCUT2D eigenvalue weighted by Gasteiger charge is -2.02. The predicted octanol–water partition coefficient (Wildman–Crippen LogP) is 0.165. The zero-order chi connectivity index (χ0) is 8.97. The van der Waals surface area contributed by atoms with E-state index in [1.54, 1.807) is 0 Å². The van der Waals surface area contributed by atoms with E-state index in [0.717, 1.165) is 11.6 Å². The van der Waals surface area contributed by atoms with Crippen molar-refractivity contribution in [3.05, 3.63) is 11.6 Å². The lowest BCUT2D eigenvalue weighted by Crippen LogP contribution is -2.16. The fraction of sp³-hybridized carbons (Fsp3) is 0.714. The van der Waals surface area contributed by atoms with Crippen LogP contribution in [0.1, 0.15) is 18.6 Å². The van der Waals surface area contributed by atoms with Crippen molar-refractivity contribution in [3.63, 3.8) is 0 Å². The molecule has 1 aromatic rings. The van der Waals surface area contributed by atoms with Gasteiger partial charge in [0.25, 0.3) is 0 Å². The minimum absolute atomic E-state index is 0.588. The van der Waals surface area contributed by atoms with Crippen molar-refractivity contribution in [2.45, 2.75) is 20.4 Å². The van der Waals surface area contributed by atoms with Gasteiger partial charge in [-0.3, -0.25) is 0 Å². The van der Waals surface area contributed by atoms with Crippen LogP contribution in [-0.2, 0) is 18.4 Å². The Balaban J connectivity index is 2.46. The zero-order valence-corrected chi connectivity index (χ0v) is 7.66. The van der Waals surface area contributed by atoms with Crippen LogP contribution in [0.25, 0.3) is 0 Å². The van der Waals surface area contributed by atoms with Crippen molar-refractivity contribution in [1.82, 2.24) is 20.2 Å². The van der Waals surface area contributed by atoms with Gasteiger partial charge in [0.1, 0.15) is 11.6 Å². The molecule has 1 rings (SSSR count). The average Bonchev–Trinajstić information content (AvgIpc) is 2.36. The number of aryl methyl sites for hydroxylation is 1. The fourth-order valence-electron chi connectivity index (χ4n) is 0.823. The number of nitrogens with one attached hydrogen (secondary N) is 1. The van der Waals surface area contributed by atoms with Crippen LogP contribution in [0.5, 0.6) is 0 Å². The molecule has 68 valence electrons. The Bertz CT molecular complexity index is 246. The van der Waals surface area contributed by atoms with Crippen LogP contribution in [0, 0.1) is 6.92 Å². The number of rotatable bonds is 4. The molecular weight excluding hydrogens is 156 g/mol. The first kappa shape index (κ1) is 9.15. The van der Waals surface area contributed by atoms with Gasteiger partial charge in [-0.1, -0.05) is 0 Å². The molecule has 1 aromatic heterocycles. The molecule has 0 aliphatic heterocycles. The van der Waals surface area contributed by atoms with Gasteiger partial charge < -0.3 is 9.40 Å². The molecule has 0 amide bonds. The van der Waals surface area contributed by atoms with E-state index >= 15 is 0 Å². The second-order valence-corrected chi connectivity index (χ2v) is 2.48. The lowest BCUT2D eigenvalue weighted by atomic mass is 10.6. The Morgan fingerprint density at radius 2 is 2.25 bits per heavy atom. The zero-order valence-electron chi connectivity index (χ0n) is 7.66. The molecular formula is C7H14N4O. The van der Waals surface area contributed by atoms with Crippen molar-refractivity contribution in [1.29, 1.82) is 0 Å². The van der Waals surface area contributed by atoms with Crippen LogP contribution in [0.15, 0.2) is 0 Å². The van der Waals surface area contributed by atoms with Crippen molar-refractivity contribution >= 4 is 0 Å². The van der Waals surface area contributed by atoms with Gasteiger partial charge in [0, 0.05) is 7.05 Å². The third kappa shape index (κ3) is 2.02. The molecule has 0 atom stereocenters. The van der Waals surface area contributed by atoms with E-state index in [4.69, 9.17) is 4.84 Å². The minimum Gasteiger partial charge on any atom is -0.317 e. The highest BCUT2D eigenvalue weighted by atomic mass is 16.6. The first-order chi connectivity index (χ1) is 5.75. The SMILES string of the molecule is CCONCc1nnc(C)n1C. The molecule has 0 aromatic carbocycles. The molecule has 0 unspecified atom stereocenters. The maximum absolute atomic E-state index is 4.97. The van der Waals surface area contributed by atoms with Gasteiger partial charge in [-0.05, 0) is 13.8 Å². The highest BCUT2D eigenvalue weighted by Gasteiger charge is 2.02. The summed E-state index contributed by atoms with van der Waals surface area (Å²) >= 11 is 0. The third-order valence-corrected chi connectivity index (χ3v) is 1.66.